The number of aryl methyl sites for hydroxylation is 2. The van der Waals surface area contributed by atoms with E-state index in [-0.39, 0.29) is 19.3 Å². The fourth-order valence-corrected chi connectivity index (χ4v) is 1.79. The molecule has 96 valence electrons. The Kier molecular flexibility index (Phi) is 6.19. The van der Waals surface area contributed by atoms with Gasteiger partial charge in [0.15, 0.2) is 0 Å². The van der Waals surface area contributed by atoms with Crippen LogP contribution in [-0.2, 0) is 6.42 Å². The van der Waals surface area contributed by atoms with Crippen molar-refractivity contribution >= 4 is 0 Å². The summed E-state index contributed by atoms with van der Waals surface area (Å²) in [6.45, 7) is 4.12. The fourth-order valence-electron chi connectivity index (χ4n) is 1.79. The first kappa shape index (κ1) is 14.2. The maximum atomic E-state index is 8.97. The number of aliphatic hydroxyl groups excluding tert-OH is 2. The number of rotatable bonds is 7. The van der Waals surface area contributed by atoms with Crippen LogP contribution in [0.2, 0.25) is 0 Å². The summed E-state index contributed by atoms with van der Waals surface area (Å²) in [7, 11) is 0. The highest BCUT2D eigenvalue weighted by atomic mass is 16.3. The van der Waals surface area contributed by atoms with Gasteiger partial charge in [0.25, 0.3) is 0 Å². The van der Waals surface area contributed by atoms with Crippen LogP contribution < -0.4 is 5.32 Å². The number of hydrogen-bond acceptors (Lipinski definition) is 3. The molecule has 1 aromatic carbocycles. The highest BCUT2D eigenvalue weighted by Gasteiger charge is 2.09. The average Bonchev–Trinajstić information content (AvgIpc) is 2.35. The third-order valence-electron chi connectivity index (χ3n) is 2.95. The second-order valence-electron chi connectivity index (χ2n) is 4.65. The van der Waals surface area contributed by atoms with Crippen LogP contribution in [0.25, 0.3) is 0 Å². The van der Waals surface area contributed by atoms with E-state index in [0.29, 0.717) is 6.04 Å². The quantitative estimate of drug-likeness (QED) is 0.669. The lowest BCUT2D eigenvalue weighted by atomic mass is 10.0. The summed E-state index contributed by atoms with van der Waals surface area (Å²) < 4.78 is 0. The van der Waals surface area contributed by atoms with Crippen molar-refractivity contribution in [3.8, 4) is 0 Å². The predicted molar refractivity (Wildman–Crippen MR) is 70.1 cm³/mol. The van der Waals surface area contributed by atoms with Gasteiger partial charge in [-0.3, -0.25) is 0 Å². The monoisotopic (exact) mass is 237 g/mol. The molecule has 0 radical (unpaired) electrons. The molecule has 1 aromatic rings. The summed E-state index contributed by atoms with van der Waals surface area (Å²) in [5.74, 6) is 0. The average molecular weight is 237 g/mol. The third kappa shape index (κ3) is 5.31. The molecular formula is C14H23NO2. The van der Waals surface area contributed by atoms with Crippen LogP contribution in [0, 0.1) is 6.92 Å². The molecule has 0 unspecified atom stereocenters. The zero-order valence-corrected chi connectivity index (χ0v) is 10.7. The molecule has 3 N–H and O–H groups in total. The molecule has 0 amide bonds. The van der Waals surface area contributed by atoms with Crippen LogP contribution in [0.5, 0.6) is 0 Å². The van der Waals surface area contributed by atoms with Gasteiger partial charge in [0.05, 0.1) is 19.3 Å². The van der Waals surface area contributed by atoms with Crippen molar-refractivity contribution in [3.05, 3.63) is 35.4 Å². The normalized spacial score (nSPS) is 13.0. The van der Waals surface area contributed by atoms with Crippen LogP contribution in [0.3, 0.4) is 0 Å². The molecular weight excluding hydrogens is 214 g/mol. The van der Waals surface area contributed by atoms with Crippen LogP contribution in [0.1, 0.15) is 24.5 Å². The Morgan fingerprint density at radius 3 is 2.24 bits per heavy atom. The zero-order valence-electron chi connectivity index (χ0n) is 10.7. The van der Waals surface area contributed by atoms with Gasteiger partial charge in [-0.2, -0.15) is 0 Å². The Hall–Kier alpha value is -0.900. The summed E-state index contributed by atoms with van der Waals surface area (Å²) in [4.78, 5) is 0. The molecule has 3 nitrogen and oxygen atoms in total. The molecule has 0 aromatic heterocycles. The van der Waals surface area contributed by atoms with Gasteiger partial charge >= 0.3 is 0 Å². The van der Waals surface area contributed by atoms with E-state index in [1.54, 1.807) is 0 Å². The second kappa shape index (κ2) is 7.43. The van der Waals surface area contributed by atoms with Crippen molar-refractivity contribution in [2.45, 2.75) is 38.8 Å². The summed E-state index contributed by atoms with van der Waals surface area (Å²) in [6, 6.07) is 8.63. The predicted octanol–water partition coefficient (Wildman–Crippen LogP) is 1.26. The molecule has 1 atom stereocenters. The fraction of sp³-hybridized carbons (Fsp3) is 0.571. The number of nitrogens with one attached hydrogen (secondary N) is 1. The van der Waals surface area contributed by atoms with Crippen molar-refractivity contribution in [1.82, 2.24) is 5.32 Å². The topological polar surface area (TPSA) is 52.5 Å². The van der Waals surface area contributed by atoms with Gasteiger partial charge in [-0.1, -0.05) is 29.8 Å². The molecule has 0 aliphatic rings. The molecule has 0 aliphatic carbocycles. The first-order chi connectivity index (χ1) is 8.15. The van der Waals surface area contributed by atoms with Gasteiger partial charge in [0.1, 0.15) is 0 Å². The summed E-state index contributed by atoms with van der Waals surface area (Å²) in [6.07, 6.45) is 2.01. The van der Waals surface area contributed by atoms with E-state index in [4.69, 9.17) is 10.2 Å². The van der Waals surface area contributed by atoms with Crippen molar-refractivity contribution in [3.63, 3.8) is 0 Å². The zero-order chi connectivity index (χ0) is 12.7. The molecule has 0 aliphatic heterocycles. The molecule has 1 rings (SSSR count). The highest BCUT2D eigenvalue weighted by molar-refractivity contribution is 5.21. The summed E-state index contributed by atoms with van der Waals surface area (Å²) in [5, 5.41) is 21.1. The maximum Gasteiger partial charge on any atom is 0.0607 e. The molecule has 0 fully saturated rings. The van der Waals surface area contributed by atoms with E-state index < -0.39 is 0 Å². The molecule has 0 spiro atoms. The minimum atomic E-state index is -0.206. The van der Waals surface area contributed by atoms with Gasteiger partial charge in [-0.15, -0.1) is 0 Å². The minimum Gasteiger partial charge on any atom is -0.395 e. The van der Waals surface area contributed by atoms with E-state index in [9.17, 15) is 0 Å². The van der Waals surface area contributed by atoms with E-state index in [1.165, 1.54) is 11.1 Å². The number of aliphatic hydroxyl groups is 2. The van der Waals surface area contributed by atoms with Crippen molar-refractivity contribution < 1.29 is 10.2 Å². The van der Waals surface area contributed by atoms with Gasteiger partial charge in [-0.25, -0.2) is 0 Å². The van der Waals surface area contributed by atoms with Crippen molar-refractivity contribution in [1.29, 1.82) is 0 Å². The summed E-state index contributed by atoms with van der Waals surface area (Å²) in [5.41, 5.74) is 2.61. The SMILES string of the molecule is Cc1ccc(CC[C@@H](C)NC(CO)CO)cc1. The van der Waals surface area contributed by atoms with Crippen LogP contribution >= 0.6 is 0 Å². The lowest BCUT2D eigenvalue weighted by Crippen LogP contribution is -2.41. The smallest absolute Gasteiger partial charge is 0.0607 e. The van der Waals surface area contributed by atoms with Crippen molar-refractivity contribution in [2.24, 2.45) is 0 Å². The Morgan fingerprint density at radius 1 is 1.12 bits per heavy atom. The standard InChI is InChI=1S/C14H23NO2/c1-11-3-6-13(7-4-11)8-5-12(2)15-14(9-16)10-17/h3-4,6-7,12,14-17H,5,8-10H2,1-2H3/t12-/m1/s1. The maximum absolute atomic E-state index is 8.97. The Bertz CT molecular complexity index is 307. The largest absolute Gasteiger partial charge is 0.395 e. The number of benzene rings is 1. The van der Waals surface area contributed by atoms with Gasteiger partial charge in [0.2, 0.25) is 0 Å². The molecule has 0 saturated carbocycles. The Labute approximate surface area is 103 Å². The first-order valence-corrected chi connectivity index (χ1v) is 6.19. The van der Waals surface area contributed by atoms with Gasteiger partial charge in [-0.05, 0) is 32.3 Å². The Morgan fingerprint density at radius 2 is 1.71 bits per heavy atom. The van der Waals surface area contributed by atoms with E-state index in [0.717, 1.165) is 12.8 Å². The van der Waals surface area contributed by atoms with Crippen LogP contribution in [-0.4, -0.2) is 35.5 Å². The molecule has 3 heteroatoms. The second-order valence-corrected chi connectivity index (χ2v) is 4.65. The minimum absolute atomic E-state index is 0.0224. The lowest BCUT2D eigenvalue weighted by molar-refractivity contribution is 0.162. The lowest BCUT2D eigenvalue weighted by Gasteiger charge is -2.19. The van der Waals surface area contributed by atoms with E-state index >= 15 is 0 Å². The molecule has 0 heterocycles. The van der Waals surface area contributed by atoms with Gasteiger partial charge < -0.3 is 15.5 Å². The number of hydrogen-bond donors (Lipinski definition) is 3. The van der Waals surface area contributed by atoms with Crippen LogP contribution in [0.15, 0.2) is 24.3 Å². The molecule has 17 heavy (non-hydrogen) atoms. The van der Waals surface area contributed by atoms with Gasteiger partial charge in [0, 0.05) is 6.04 Å². The first-order valence-electron chi connectivity index (χ1n) is 6.19. The van der Waals surface area contributed by atoms with E-state index in [2.05, 4.69) is 43.4 Å². The van der Waals surface area contributed by atoms with E-state index in [1.807, 2.05) is 0 Å². The Balaban J connectivity index is 2.32. The highest BCUT2D eigenvalue weighted by Crippen LogP contribution is 2.07. The molecule has 0 bridgehead atoms. The van der Waals surface area contributed by atoms with Crippen LogP contribution in [0.4, 0.5) is 0 Å². The van der Waals surface area contributed by atoms with Crippen molar-refractivity contribution in [2.75, 3.05) is 13.2 Å². The molecule has 0 saturated heterocycles. The summed E-state index contributed by atoms with van der Waals surface area (Å²) >= 11 is 0. The third-order valence-corrected chi connectivity index (χ3v) is 2.95.